The topological polar surface area (TPSA) is 52.8 Å². The molecule has 0 aliphatic carbocycles. The van der Waals surface area contributed by atoms with E-state index in [0.29, 0.717) is 13.2 Å². The highest BCUT2D eigenvalue weighted by molar-refractivity contribution is 6.80. The summed E-state index contributed by atoms with van der Waals surface area (Å²) < 4.78 is 30.4. The monoisotopic (exact) mass is 318 g/mol. The van der Waals surface area contributed by atoms with Crippen LogP contribution in [0.3, 0.4) is 0 Å². The number of hydrogen-bond donors (Lipinski definition) is 0. The highest BCUT2D eigenvalue weighted by Crippen LogP contribution is 2.59. The van der Waals surface area contributed by atoms with Crippen molar-refractivity contribution >= 4 is 8.32 Å². The molecule has 124 valence electrons. The fourth-order valence-electron chi connectivity index (χ4n) is 3.51. The summed E-state index contributed by atoms with van der Waals surface area (Å²) in [7, 11) is -0.809. The Balaban J connectivity index is 2.31. The van der Waals surface area contributed by atoms with E-state index in [0.717, 1.165) is 18.9 Å². The lowest BCUT2D eigenvalue weighted by Crippen LogP contribution is -2.67. The Bertz CT molecular complexity index is 332. The van der Waals surface area contributed by atoms with Gasteiger partial charge >= 0.3 is 8.32 Å². The van der Waals surface area contributed by atoms with Crippen LogP contribution in [0.5, 0.6) is 0 Å². The third-order valence-corrected chi connectivity index (χ3v) is 9.95. The third-order valence-electron chi connectivity index (χ3n) is 4.67. The molecule has 6 heteroatoms. The van der Waals surface area contributed by atoms with Crippen LogP contribution in [0.25, 0.3) is 0 Å². The van der Waals surface area contributed by atoms with Crippen LogP contribution in [0.2, 0.25) is 6.04 Å². The number of epoxide rings is 2. The van der Waals surface area contributed by atoms with Gasteiger partial charge in [0.25, 0.3) is 0 Å². The molecule has 0 N–H and O–H groups in total. The first kappa shape index (κ1) is 17.4. The van der Waals surface area contributed by atoms with E-state index in [9.17, 15) is 0 Å². The average Bonchev–Trinajstić information content (AvgIpc) is 3.34. The van der Waals surface area contributed by atoms with E-state index in [-0.39, 0.29) is 12.2 Å². The van der Waals surface area contributed by atoms with Crippen molar-refractivity contribution in [3.05, 3.63) is 0 Å². The SMILES string of the molecule is CCCOC1([Si](CC)(OC)C2(OCCC)OC2C)OC1C. The summed E-state index contributed by atoms with van der Waals surface area (Å²) in [6.45, 7) is 11.8. The second kappa shape index (κ2) is 6.26. The highest BCUT2D eigenvalue weighted by atomic mass is 28.4. The second-order valence-corrected chi connectivity index (χ2v) is 10.1. The van der Waals surface area contributed by atoms with Crippen molar-refractivity contribution in [2.24, 2.45) is 0 Å². The maximum absolute atomic E-state index is 6.16. The molecule has 0 saturated carbocycles. The average molecular weight is 318 g/mol. The molecule has 2 aliphatic rings. The van der Waals surface area contributed by atoms with Gasteiger partial charge in [-0.1, -0.05) is 20.8 Å². The Kier molecular flexibility index (Phi) is 5.18. The summed E-state index contributed by atoms with van der Waals surface area (Å²) in [6, 6.07) is 0.839. The van der Waals surface area contributed by atoms with Crippen molar-refractivity contribution in [2.75, 3.05) is 20.3 Å². The number of ether oxygens (including phenoxy) is 4. The molecule has 0 aromatic heterocycles. The first-order valence-electron chi connectivity index (χ1n) is 8.18. The molecule has 0 spiro atoms. The van der Waals surface area contributed by atoms with E-state index in [2.05, 4.69) is 20.8 Å². The quantitative estimate of drug-likeness (QED) is 0.458. The van der Waals surface area contributed by atoms with Crippen LogP contribution in [0.1, 0.15) is 47.5 Å². The van der Waals surface area contributed by atoms with Gasteiger partial charge in [0.15, 0.2) is 0 Å². The van der Waals surface area contributed by atoms with Gasteiger partial charge < -0.3 is 23.4 Å². The molecule has 21 heavy (non-hydrogen) atoms. The smallest absolute Gasteiger partial charge is 0.327 e. The van der Waals surface area contributed by atoms with Crippen molar-refractivity contribution in [2.45, 2.75) is 76.5 Å². The minimum Gasteiger partial charge on any atom is -0.410 e. The summed E-state index contributed by atoms with van der Waals surface area (Å²) in [6.07, 6.45) is 1.98. The van der Waals surface area contributed by atoms with Crippen LogP contribution < -0.4 is 0 Å². The summed E-state index contributed by atoms with van der Waals surface area (Å²) in [5.74, 6) is 0. The van der Waals surface area contributed by atoms with E-state index in [1.54, 1.807) is 7.11 Å². The van der Waals surface area contributed by atoms with Crippen LogP contribution in [-0.2, 0) is 23.4 Å². The van der Waals surface area contributed by atoms with Crippen molar-refractivity contribution in [3.8, 4) is 0 Å². The van der Waals surface area contributed by atoms with Gasteiger partial charge in [0.1, 0.15) is 12.2 Å². The molecule has 0 aromatic carbocycles. The van der Waals surface area contributed by atoms with Gasteiger partial charge in [-0.3, -0.25) is 0 Å². The molecule has 2 rings (SSSR count). The predicted octanol–water partition coefficient (Wildman–Crippen LogP) is 2.76. The van der Waals surface area contributed by atoms with E-state index in [4.69, 9.17) is 23.4 Å². The first-order chi connectivity index (χ1) is 10.00. The van der Waals surface area contributed by atoms with Gasteiger partial charge in [0.2, 0.25) is 10.8 Å². The minimum atomic E-state index is -2.57. The summed E-state index contributed by atoms with van der Waals surface area (Å²) in [5, 5.41) is 0. The fourth-order valence-corrected chi connectivity index (χ4v) is 8.56. The Labute approximate surface area is 129 Å². The molecule has 2 fully saturated rings. The van der Waals surface area contributed by atoms with Crippen molar-refractivity contribution < 1.29 is 23.4 Å². The maximum Gasteiger partial charge on any atom is 0.327 e. The van der Waals surface area contributed by atoms with Crippen molar-refractivity contribution in [3.63, 3.8) is 0 Å². The van der Waals surface area contributed by atoms with Crippen LogP contribution >= 0.6 is 0 Å². The van der Waals surface area contributed by atoms with Gasteiger partial charge in [-0.15, -0.1) is 0 Å². The largest absolute Gasteiger partial charge is 0.410 e. The lowest BCUT2D eigenvalue weighted by Gasteiger charge is -2.39. The first-order valence-corrected chi connectivity index (χ1v) is 10.3. The fraction of sp³-hybridized carbons (Fsp3) is 1.00. The zero-order chi connectivity index (χ0) is 15.7. The molecule has 0 amide bonds. The summed E-state index contributed by atoms with van der Waals surface area (Å²) >= 11 is 0. The molecule has 2 aliphatic heterocycles. The zero-order valence-electron chi connectivity index (χ0n) is 14.2. The Morgan fingerprint density at radius 3 is 1.48 bits per heavy atom. The molecule has 4 atom stereocenters. The molecule has 4 unspecified atom stereocenters. The molecular weight excluding hydrogens is 288 g/mol. The lowest BCUT2D eigenvalue weighted by molar-refractivity contribution is -0.0514. The molecule has 2 saturated heterocycles. The van der Waals surface area contributed by atoms with Crippen LogP contribution in [0.4, 0.5) is 0 Å². The highest BCUT2D eigenvalue weighted by Gasteiger charge is 2.85. The van der Waals surface area contributed by atoms with Gasteiger partial charge in [0, 0.05) is 20.3 Å². The minimum absolute atomic E-state index is 0.0362. The predicted molar refractivity (Wildman–Crippen MR) is 82.3 cm³/mol. The summed E-state index contributed by atoms with van der Waals surface area (Å²) in [4.78, 5) is 0. The molecule has 0 radical (unpaired) electrons. The Morgan fingerprint density at radius 2 is 1.29 bits per heavy atom. The number of rotatable bonds is 10. The molecule has 0 aromatic rings. The van der Waals surface area contributed by atoms with E-state index in [1.807, 2.05) is 13.8 Å². The lowest BCUT2D eigenvalue weighted by atomic mass is 10.5. The normalized spacial score (nSPS) is 40.9. The Hall–Kier alpha value is 0.0169. The van der Waals surface area contributed by atoms with Gasteiger partial charge in [-0.25, -0.2) is 0 Å². The second-order valence-electron chi connectivity index (χ2n) is 5.94. The van der Waals surface area contributed by atoms with E-state index >= 15 is 0 Å². The molecule has 0 bridgehead atoms. The molecule has 2 heterocycles. The van der Waals surface area contributed by atoms with Gasteiger partial charge in [-0.2, -0.15) is 0 Å². The maximum atomic E-state index is 6.16. The number of hydrogen-bond acceptors (Lipinski definition) is 5. The van der Waals surface area contributed by atoms with Gasteiger partial charge in [-0.05, 0) is 32.7 Å². The van der Waals surface area contributed by atoms with Crippen LogP contribution in [-0.4, -0.2) is 51.7 Å². The van der Waals surface area contributed by atoms with Crippen LogP contribution in [0, 0.1) is 0 Å². The summed E-state index contributed by atoms with van der Waals surface area (Å²) in [5.41, 5.74) is -1.27. The van der Waals surface area contributed by atoms with E-state index in [1.165, 1.54) is 0 Å². The Morgan fingerprint density at radius 1 is 0.905 bits per heavy atom. The van der Waals surface area contributed by atoms with Crippen LogP contribution in [0.15, 0.2) is 0 Å². The zero-order valence-corrected chi connectivity index (χ0v) is 15.2. The third kappa shape index (κ3) is 2.40. The van der Waals surface area contributed by atoms with Crippen molar-refractivity contribution in [1.82, 2.24) is 0 Å². The molecule has 5 nitrogen and oxygen atoms in total. The van der Waals surface area contributed by atoms with Gasteiger partial charge in [0.05, 0.1) is 0 Å². The van der Waals surface area contributed by atoms with Crippen molar-refractivity contribution in [1.29, 1.82) is 0 Å². The van der Waals surface area contributed by atoms with E-state index < -0.39 is 19.1 Å². The standard InChI is InChI=1S/C15H30O5Si/c1-7-10-17-14(12(4)19-14)21(9-3,16-6)15(13(5)20-15)18-11-8-2/h12-13H,7-11H2,1-6H3. The molecular formula is C15H30O5Si.